The Balaban J connectivity index is 1.53. The summed E-state index contributed by atoms with van der Waals surface area (Å²) in [5.41, 5.74) is 2.17. The molecule has 3 heterocycles. The Bertz CT molecular complexity index is 787. The number of hydrogen-bond acceptors (Lipinski definition) is 5. The Kier molecular flexibility index (Phi) is 4.16. The van der Waals surface area contributed by atoms with Crippen LogP contribution in [-0.2, 0) is 6.54 Å². The zero-order valence-electron chi connectivity index (χ0n) is 12.5. The fourth-order valence-electron chi connectivity index (χ4n) is 3.12. The zero-order chi connectivity index (χ0) is 15.6. The van der Waals surface area contributed by atoms with Crippen LogP contribution in [0.3, 0.4) is 0 Å². The van der Waals surface area contributed by atoms with Gasteiger partial charge in [0.05, 0.1) is 12.1 Å². The Morgan fingerprint density at radius 1 is 1.30 bits per heavy atom. The molecule has 1 fully saturated rings. The quantitative estimate of drug-likeness (QED) is 0.681. The van der Waals surface area contributed by atoms with Gasteiger partial charge in [0.1, 0.15) is 0 Å². The van der Waals surface area contributed by atoms with Crippen LogP contribution in [0.15, 0.2) is 45.6 Å². The molecule has 0 radical (unpaired) electrons. The highest BCUT2D eigenvalue weighted by molar-refractivity contribution is 7.08. The van der Waals surface area contributed by atoms with Gasteiger partial charge in [0, 0.05) is 16.4 Å². The molecule has 3 aromatic rings. The molecule has 0 saturated carbocycles. The molecule has 0 amide bonds. The average molecular weight is 346 g/mol. The number of hydrogen-bond donors (Lipinski definition) is 0. The van der Waals surface area contributed by atoms with Crippen molar-refractivity contribution in [2.24, 2.45) is 0 Å². The van der Waals surface area contributed by atoms with E-state index in [0.29, 0.717) is 18.5 Å². The van der Waals surface area contributed by atoms with Gasteiger partial charge in [-0.3, -0.25) is 4.90 Å². The molecule has 1 aromatic carbocycles. The van der Waals surface area contributed by atoms with Crippen molar-refractivity contribution in [3.05, 3.63) is 57.5 Å². The minimum absolute atomic E-state index is 0.326. The minimum atomic E-state index is 0.326. The van der Waals surface area contributed by atoms with Crippen LogP contribution in [0, 0.1) is 0 Å². The van der Waals surface area contributed by atoms with Gasteiger partial charge < -0.3 is 4.52 Å². The molecule has 0 spiro atoms. The number of benzene rings is 1. The van der Waals surface area contributed by atoms with Crippen LogP contribution in [0.25, 0.3) is 11.5 Å². The number of nitrogens with zero attached hydrogens (tertiary/aromatic N) is 3. The molecule has 2 aromatic heterocycles. The average Bonchev–Trinajstić information content (AvgIpc) is 3.29. The number of thiophene rings is 1. The molecule has 1 aliphatic rings. The summed E-state index contributed by atoms with van der Waals surface area (Å²) in [6.45, 7) is 1.71. The molecule has 118 valence electrons. The second-order valence-corrected chi connectivity index (χ2v) is 6.87. The van der Waals surface area contributed by atoms with Crippen molar-refractivity contribution in [3.8, 4) is 11.5 Å². The van der Waals surface area contributed by atoms with E-state index < -0.39 is 0 Å². The van der Waals surface area contributed by atoms with Crippen molar-refractivity contribution in [2.45, 2.75) is 25.4 Å². The normalized spacial score (nSPS) is 18.6. The molecule has 0 bridgehead atoms. The smallest absolute Gasteiger partial charge is 0.258 e. The largest absolute Gasteiger partial charge is 0.334 e. The zero-order valence-corrected chi connectivity index (χ0v) is 14.1. The number of halogens is 1. The van der Waals surface area contributed by atoms with Crippen molar-refractivity contribution >= 4 is 22.9 Å². The van der Waals surface area contributed by atoms with Gasteiger partial charge in [-0.25, -0.2) is 0 Å². The van der Waals surface area contributed by atoms with Crippen molar-refractivity contribution in [3.63, 3.8) is 0 Å². The Labute approximate surface area is 143 Å². The molecular weight excluding hydrogens is 330 g/mol. The van der Waals surface area contributed by atoms with Crippen LogP contribution < -0.4 is 0 Å². The second kappa shape index (κ2) is 6.43. The lowest BCUT2D eigenvalue weighted by Gasteiger charge is -2.24. The first-order chi connectivity index (χ1) is 11.3. The van der Waals surface area contributed by atoms with E-state index in [9.17, 15) is 0 Å². The molecule has 4 rings (SSSR count). The highest BCUT2D eigenvalue weighted by atomic mass is 35.5. The maximum atomic E-state index is 6.37. The summed E-state index contributed by atoms with van der Waals surface area (Å²) < 4.78 is 5.38. The highest BCUT2D eigenvalue weighted by Crippen LogP contribution is 2.36. The summed E-state index contributed by atoms with van der Waals surface area (Å²) in [6.07, 6.45) is 2.27. The van der Waals surface area contributed by atoms with E-state index in [1.54, 1.807) is 11.3 Å². The van der Waals surface area contributed by atoms with Crippen LogP contribution >= 0.6 is 22.9 Å². The van der Waals surface area contributed by atoms with E-state index in [1.165, 1.54) is 5.56 Å². The molecule has 1 aliphatic heterocycles. The first kappa shape index (κ1) is 14.9. The summed E-state index contributed by atoms with van der Waals surface area (Å²) in [7, 11) is 0. The van der Waals surface area contributed by atoms with Crippen LogP contribution in [0.4, 0.5) is 0 Å². The summed E-state index contributed by atoms with van der Waals surface area (Å²) in [5.74, 6) is 1.32. The molecular formula is C17H16ClN3OS. The first-order valence-electron chi connectivity index (χ1n) is 7.65. The van der Waals surface area contributed by atoms with E-state index in [4.69, 9.17) is 16.1 Å². The first-order valence-corrected chi connectivity index (χ1v) is 8.97. The predicted molar refractivity (Wildman–Crippen MR) is 91.4 cm³/mol. The van der Waals surface area contributed by atoms with Gasteiger partial charge >= 0.3 is 0 Å². The van der Waals surface area contributed by atoms with E-state index in [1.807, 2.05) is 35.0 Å². The van der Waals surface area contributed by atoms with Gasteiger partial charge in [0.25, 0.3) is 5.89 Å². The number of aromatic nitrogens is 2. The third-order valence-corrected chi connectivity index (χ3v) is 5.24. The fraction of sp³-hybridized carbons (Fsp3) is 0.294. The number of likely N-dealkylation sites (tertiary alicyclic amines) is 1. The number of rotatable bonds is 4. The third kappa shape index (κ3) is 3.04. The van der Waals surface area contributed by atoms with Crippen molar-refractivity contribution in [2.75, 3.05) is 6.54 Å². The third-order valence-electron chi connectivity index (χ3n) is 4.21. The van der Waals surface area contributed by atoms with Gasteiger partial charge in [-0.1, -0.05) is 35.0 Å². The van der Waals surface area contributed by atoms with Crippen molar-refractivity contribution in [1.29, 1.82) is 0 Å². The molecule has 1 saturated heterocycles. The van der Waals surface area contributed by atoms with E-state index in [-0.39, 0.29) is 0 Å². The Morgan fingerprint density at radius 2 is 2.22 bits per heavy atom. The molecule has 6 heteroatoms. The van der Waals surface area contributed by atoms with Crippen LogP contribution in [0.2, 0.25) is 5.02 Å². The van der Waals surface area contributed by atoms with E-state index in [2.05, 4.69) is 21.1 Å². The lowest BCUT2D eigenvalue weighted by atomic mass is 10.0. The standard InChI is InChI=1S/C17H16ClN3OS/c18-14-5-2-1-4-13(14)15-6-3-8-21(15)10-16-19-17(22-20-16)12-7-9-23-11-12/h1-2,4-5,7,9,11,15H,3,6,8,10H2. The van der Waals surface area contributed by atoms with E-state index in [0.717, 1.165) is 35.8 Å². The van der Waals surface area contributed by atoms with Gasteiger partial charge in [-0.2, -0.15) is 16.3 Å². The van der Waals surface area contributed by atoms with Crippen molar-refractivity contribution < 1.29 is 4.52 Å². The van der Waals surface area contributed by atoms with Crippen LogP contribution in [-0.4, -0.2) is 21.6 Å². The molecule has 1 atom stereocenters. The summed E-state index contributed by atoms with van der Waals surface area (Å²) in [4.78, 5) is 6.90. The Hall–Kier alpha value is -1.69. The SMILES string of the molecule is Clc1ccccc1C1CCCN1Cc1noc(-c2ccsc2)n1. The van der Waals surface area contributed by atoms with Crippen molar-refractivity contribution in [1.82, 2.24) is 15.0 Å². The second-order valence-electron chi connectivity index (χ2n) is 5.68. The summed E-state index contributed by atoms with van der Waals surface area (Å²) in [5, 5.41) is 8.98. The van der Waals surface area contributed by atoms with Gasteiger partial charge in [0.15, 0.2) is 5.82 Å². The van der Waals surface area contributed by atoms with E-state index >= 15 is 0 Å². The highest BCUT2D eigenvalue weighted by Gasteiger charge is 2.28. The lowest BCUT2D eigenvalue weighted by Crippen LogP contribution is -2.23. The summed E-state index contributed by atoms with van der Waals surface area (Å²) in [6, 6.07) is 10.4. The molecule has 0 N–H and O–H groups in total. The van der Waals surface area contributed by atoms with Crippen LogP contribution in [0.5, 0.6) is 0 Å². The van der Waals surface area contributed by atoms with Gasteiger partial charge in [-0.15, -0.1) is 0 Å². The predicted octanol–water partition coefficient (Wildman–Crippen LogP) is 4.79. The topological polar surface area (TPSA) is 42.2 Å². The molecule has 1 unspecified atom stereocenters. The fourth-order valence-corrected chi connectivity index (χ4v) is 4.01. The maximum absolute atomic E-state index is 6.37. The lowest BCUT2D eigenvalue weighted by molar-refractivity contribution is 0.238. The molecule has 4 nitrogen and oxygen atoms in total. The Morgan fingerprint density at radius 3 is 3.04 bits per heavy atom. The maximum Gasteiger partial charge on any atom is 0.258 e. The van der Waals surface area contributed by atoms with Gasteiger partial charge in [-0.05, 0) is 42.5 Å². The monoisotopic (exact) mass is 345 g/mol. The summed E-state index contributed by atoms with van der Waals surface area (Å²) >= 11 is 7.99. The molecule has 0 aliphatic carbocycles. The molecule has 23 heavy (non-hydrogen) atoms. The minimum Gasteiger partial charge on any atom is -0.334 e. The van der Waals surface area contributed by atoms with Crippen LogP contribution in [0.1, 0.15) is 30.3 Å². The van der Waals surface area contributed by atoms with Gasteiger partial charge in [0.2, 0.25) is 0 Å².